The summed E-state index contributed by atoms with van der Waals surface area (Å²) in [5.74, 6) is 0.713. The number of sulfonamides is 1. The third-order valence-corrected chi connectivity index (χ3v) is 9.10. The van der Waals surface area contributed by atoms with Crippen LogP contribution in [0.25, 0.3) is 0 Å². The molecule has 3 aromatic rings. The summed E-state index contributed by atoms with van der Waals surface area (Å²) in [6.45, 7) is 8.83. The smallest absolute Gasteiger partial charge is 0.257 e. The third kappa shape index (κ3) is 6.92. The fourth-order valence-corrected chi connectivity index (χ4v) is 6.00. The fraction of sp³-hybridized carbons (Fsp3) is 0.433. The van der Waals surface area contributed by atoms with Crippen molar-refractivity contribution in [3.8, 4) is 5.75 Å². The maximum Gasteiger partial charge on any atom is 0.257 e. The van der Waals surface area contributed by atoms with Gasteiger partial charge in [0.25, 0.3) is 5.91 Å². The average Bonchev–Trinajstić information content (AvgIpc) is 3.80. The zero-order valence-electron chi connectivity index (χ0n) is 24.0. The van der Waals surface area contributed by atoms with Gasteiger partial charge >= 0.3 is 0 Å². The van der Waals surface area contributed by atoms with Crippen molar-refractivity contribution in [2.75, 3.05) is 38.5 Å². The van der Waals surface area contributed by atoms with Crippen LogP contribution in [0.1, 0.15) is 64.5 Å². The highest BCUT2D eigenvalue weighted by atomic mass is 32.2. The van der Waals surface area contributed by atoms with Crippen molar-refractivity contribution in [3.63, 3.8) is 0 Å². The first-order chi connectivity index (χ1) is 19.6. The SMILES string of the molecule is CNS(=O)(=O)c1cc(C(=O)Nc2ncccc2C)c(C)cc1OC(CN1CCN[C@H](C)C1)c1ccc(C2CC2)cn1. The summed E-state index contributed by atoms with van der Waals surface area (Å²) in [5.41, 5.74) is 3.55. The first-order valence-corrected chi connectivity index (χ1v) is 15.5. The Balaban J connectivity index is 1.49. The Morgan fingerprint density at radius 1 is 1.17 bits per heavy atom. The molecule has 1 aliphatic heterocycles. The van der Waals surface area contributed by atoms with E-state index in [0.717, 1.165) is 30.9 Å². The van der Waals surface area contributed by atoms with Gasteiger partial charge in [0.1, 0.15) is 16.5 Å². The predicted molar refractivity (Wildman–Crippen MR) is 158 cm³/mol. The van der Waals surface area contributed by atoms with Crippen LogP contribution >= 0.6 is 0 Å². The van der Waals surface area contributed by atoms with Gasteiger partial charge < -0.3 is 15.4 Å². The quantitative estimate of drug-likeness (QED) is 0.334. The number of hydrogen-bond donors (Lipinski definition) is 3. The monoisotopic (exact) mass is 578 g/mol. The zero-order valence-corrected chi connectivity index (χ0v) is 24.8. The van der Waals surface area contributed by atoms with Crippen LogP contribution < -0.4 is 20.1 Å². The number of ether oxygens (including phenoxy) is 1. The molecule has 2 aromatic heterocycles. The summed E-state index contributed by atoms with van der Waals surface area (Å²) in [6.07, 6.45) is 5.35. The average molecular weight is 579 g/mol. The number of anilines is 1. The normalized spacial score (nSPS) is 18.6. The lowest BCUT2D eigenvalue weighted by Gasteiger charge is -2.34. The summed E-state index contributed by atoms with van der Waals surface area (Å²) < 4.78 is 35.4. The highest BCUT2D eigenvalue weighted by molar-refractivity contribution is 7.89. The molecule has 2 aliphatic rings. The third-order valence-electron chi connectivity index (χ3n) is 7.67. The number of amides is 1. The number of nitrogens with one attached hydrogen (secondary N) is 3. The van der Waals surface area contributed by atoms with Crippen molar-refractivity contribution in [1.29, 1.82) is 0 Å². The molecule has 10 nitrogen and oxygen atoms in total. The molecule has 2 atom stereocenters. The molecule has 11 heteroatoms. The topological polar surface area (TPSA) is 126 Å². The molecule has 41 heavy (non-hydrogen) atoms. The van der Waals surface area contributed by atoms with Crippen LogP contribution in [0.15, 0.2) is 53.7 Å². The standard InChI is InChI=1S/C30H38N6O4S/c1-19-6-5-11-33-29(19)35-30(37)24-15-28(41(38,39)31-4)26(14-20(24)2)40-27(18-36-13-12-32-21(3)17-36)25-10-9-23(16-34-25)22-7-8-22/h5-6,9-11,14-16,21-22,27,31-32H,7-8,12-13,17-18H2,1-4H3,(H,33,35,37)/t21-,27?/m1/s1. The van der Waals surface area contributed by atoms with E-state index in [2.05, 4.69) is 38.2 Å². The minimum atomic E-state index is -3.98. The van der Waals surface area contributed by atoms with Crippen LogP contribution in [-0.2, 0) is 10.0 Å². The van der Waals surface area contributed by atoms with E-state index in [1.807, 2.05) is 25.3 Å². The second kappa shape index (κ2) is 12.2. The second-order valence-corrected chi connectivity index (χ2v) is 12.8. The van der Waals surface area contributed by atoms with Gasteiger partial charge in [0.15, 0.2) is 6.10 Å². The molecule has 1 saturated heterocycles. The molecular formula is C30H38N6O4S. The summed E-state index contributed by atoms with van der Waals surface area (Å²) in [5, 5.41) is 6.25. The van der Waals surface area contributed by atoms with Gasteiger partial charge in [-0.05, 0) is 87.5 Å². The molecule has 1 aromatic carbocycles. The number of nitrogens with zero attached hydrogens (tertiary/aromatic N) is 3. The summed E-state index contributed by atoms with van der Waals surface area (Å²) in [4.78, 5) is 24.4. The Morgan fingerprint density at radius 3 is 2.63 bits per heavy atom. The number of aryl methyl sites for hydroxylation is 2. The van der Waals surface area contributed by atoms with Gasteiger partial charge in [-0.25, -0.2) is 18.1 Å². The van der Waals surface area contributed by atoms with E-state index in [0.29, 0.717) is 29.9 Å². The number of pyridine rings is 2. The fourth-order valence-electron chi connectivity index (χ4n) is 5.13. The van der Waals surface area contributed by atoms with Gasteiger partial charge in [0.2, 0.25) is 10.0 Å². The highest BCUT2D eigenvalue weighted by Crippen LogP contribution is 2.40. The Kier molecular flexibility index (Phi) is 8.69. The van der Waals surface area contributed by atoms with Gasteiger partial charge in [-0.15, -0.1) is 0 Å². The van der Waals surface area contributed by atoms with Crippen LogP contribution in [-0.4, -0.2) is 68.5 Å². The maximum atomic E-state index is 13.3. The minimum Gasteiger partial charge on any atom is -0.481 e. The van der Waals surface area contributed by atoms with E-state index in [4.69, 9.17) is 9.72 Å². The molecule has 0 spiro atoms. The summed E-state index contributed by atoms with van der Waals surface area (Å²) in [6, 6.07) is 11.0. The molecule has 0 bridgehead atoms. The van der Waals surface area contributed by atoms with Gasteiger partial charge in [-0.2, -0.15) is 0 Å². The number of carbonyl (C=O) groups excluding carboxylic acids is 1. The molecule has 218 valence electrons. The molecule has 1 aliphatic carbocycles. The Labute approximate surface area is 242 Å². The number of piperazine rings is 1. The molecule has 3 N–H and O–H groups in total. The number of carbonyl (C=O) groups is 1. The summed E-state index contributed by atoms with van der Waals surface area (Å²) >= 11 is 0. The zero-order chi connectivity index (χ0) is 29.1. The van der Waals surface area contributed by atoms with E-state index in [-0.39, 0.29) is 16.2 Å². The highest BCUT2D eigenvalue weighted by Gasteiger charge is 2.29. The van der Waals surface area contributed by atoms with E-state index >= 15 is 0 Å². The Bertz CT molecular complexity index is 1510. The Hall–Kier alpha value is -3.38. The van der Waals surface area contributed by atoms with Crippen molar-refractivity contribution >= 4 is 21.7 Å². The van der Waals surface area contributed by atoms with E-state index in [1.165, 1.54) is 31.5 Å². The van der Waals surface area contributed by atoms with E-state index < -0.39 is 22.0 Å². The molecule has 3 heterocycles. The number of hydrogen-bond acceptors (Lipinski definition) is 8. The van der Waals surface area contributed by atoms with Crippen LogP contribution in [0.5, 0.6) is 5.75 Å². The van der Waals surface area contributed by atoms with Crippen LogP contribution in [0.2, 0.25) is 0 Å². The summed E-state index contributed by atoms with van der Waals surface area (Å²) in [7, 11) is -2.64. The maximum absolute atomic E-state index is 13.3. The number of benzene rings is 1. The van der Waals surface area contributed by atoms with Crippen molar-refractivity contribution in [1.82, 2.24) is 24.9 Å². The van der Waals surface area contributed by atoms with Crippen LogP contribution in [0, 0.1) is 13.8 Å². The molecule has 1 unspecified atom stereocenters. The lowest BCUT2D eigenvalue weighted by molar-refractivity contribution is 0.102. The first kappa shape index (κ1) is 29.1. The molecule has 2 fully saturated rings. The van der Waals surface area contributed by atoms with Crippen molar-refractivity contribution in [2.24, 2.45) is 0 Å². The van der Waals surface area contributed by atoms with Crippen LogP contribution in [0.4, 0.5) is 5.82 Å². The van der Waals surface area contributed by atoms with E-state index in [1.54, 1.807) is 25.3 Å². The van der Waals surface area contributed by atoms with Gasteiger partial charge in [0, 0.05) is 50.2 Å². The number of aromatic nitrogens is 2. The van der Waals surface area contributed by atoms with Crippen molar-refractivity contribution in [2.45, 2.75) is 56.6 Å². The van der Waals surface area contributed by atoms with Gasteiger partial charge in [-0.3, -0.25) is 14.7 Å². The van der Waals surface area contributed by atoms with Crippen molar-refractivity contribution in [3.05, 3.63) is 76.7 Å². The molecule has 1 saturated carbocycles. The van der Waals surface area contributed by atoms with E-state index in [9.17, 15) is 13.2 Å². The molecule has 0 radical (unpaired) electrons. The van der Waals surface area contributed by atoms with Crippen molar-refractivity contribution < 1.29 is 17.9 Å². The minimum absolute atomic E-state index is 0.109. The molecular weight excluding hydrogens is 540 g/mol. The number of rotatable bonds is 10. The predicted octanol–water partition coefficient (Wildman–Crippen LogP) is 3.55. The molecule has 5 rings (SSSR count). The van der Waals surface area contributed by atoms with Gasteiger partial charge in [0.05, 0.1) is 5.69 Å². The molecule has 1 amide bonds. The largest absolute Gasteiger partial charge is 0.481 e. The Morgan fingerprint density at radius 2 is 1.98 bits per heavy atom. The first-order valence-electron chi connectivity index (χ1n) is 14.0. The lowest BCUT2D eigenvalue weighted by atomic mass is 10.1. The lowest BCUT2D eigenvalue weighted by Crippen LogP contribution is -2.50. The van der Waals surface area contributed by atoms with Crippen LogP contribution in [0.3, 0.4) is 0 Å². The van der Waals surface area contributed by atoms with Gasteiger partial charge in [-0.1, -0.05) is 12.1 Å². The second-order valence-electron chi connectivity index (χ2n) is 11.0.